The molecule has 4 rings (SSSR count). The molecule has 0 spiro atoms. The molecule has 0 aliphatic carbocycles. The van der Waals surface area contributed by atoms with Gasteiger partial charge in [0.2, 0.25) is 21.7 Å². The highest BCUT2D eigenvalue weighted by molar-refractivity contribution is 7.89. The molecule has 0 bridgehead atoms. The number of benzene rings is 1. The number of rotatable bonds is 5. The summed E-state index contributed by atoms with van der Waals surface area (Å²) in [5.41, 5.74) is 0.729. The summed E-state index contributed by atoms with van der Waals surface area (Å²) in [6, 6.07) is 5.77. The third-order valence-corrected chi connectivity index (χ3v) is 6.96. The van der Waals surface area contributed by atoms with Gasteiger partial charge in [0.15, 0.2) is 0 Å². The average Bonchev–Trinajstić information content (AvgIpc) is 3.26. The van der Waals surface area contributed by atoms with E-state index in [1.165, 1.54) is 0 Å². The number of hydrogen-bond acceptors (Lipinski definition) is 7. The van der Waals surface area contributed by atoms with Gasteiger partial charge in [0.1, 0.15) is 16.5 Å². The SMILES string of the molecule is CC(c1nc(-c2cccnc2)no1)N1CCN(S(=O)(=O)c2cc(F)ccc2F)CC1. The van der Waals surface area contributed by atoms with E-state index in [9.17, 15) is 17.2 Å². The Balaban J connectivity index is 1.44. The topological polar surface area (TPSA) is 92.4 Å². The van der Waals surface area contributed by atoms with Gasteiger partial charge in [-0.25, -0.2) is 17.2 Å². The summed E-state index contributed by atoms with van der Waals surface area (Å²) in [5, 5.41) is 3.98. The molecule has 158 valence electrons. The van der Waals surface area contributed by atoms with Gasteiger partial charge in [-0.3, -0.25) is 9.88 Å². The van der Waals surface area contributed by atoms with Crippen LogP contribution in [0.2, 0.25) is 0 Å². The van der Waals surface area contributed by atoms with Gasteiger partial charge in [-0.1, -0.05) is 5.16 Å². The van der Waals surface area contributed by atoms with Gasteiger partial charge in [0.25, 0.3) is 0 Å². The summed E-state index contributed by atoms with van der Waals surface area (Å²) in [5.74, 6) is -0.946. The number of halogens is 2. The fourth-order valence-electron chi connectivity index (χ4n) is 3.32. The van der Waals surface area contributed by atoms with Crippen molar-refractivity contribution < 1.29 is 21.7 Å². The lowest BCUT2D eigenvalue weighted by Crippen LogP contribution is -2.49. The fraction of sp³-hybridized carbons (Fsp3) is 0.316. The molecule has 0 saturated carbocycles. The van der Waals surface area contributed by atoms with Gasteiger partial charge in [-0.2, -0.15) is 9.29 Å². The number of nitrogens with zero attached hydrogens (tertiary/aromatic N) is 5. The van der Waals surface area contributed by atoms with Crippen LogP contribution >= 0.6 is 0 Å². The summed E-state index contributed by atoms with van der Waals surface area (Å²) in [6.07, 6.45) is 3.28. The lowest BCUT2D eigenvalue weighted by atomic mass is 10.2. The van der Waals surface area contributed by atoms with E-state index in [1.54, 1.807) is 18.5 Å². The number of hydrogen-bond donors (Lipinski definition) is 0. The van der Waals surface area contributed by atoms with Crippen LogP contribution in [0, 0.1) is 11.6 Å². The zero-order chi connectivity index (χ0) is 21.3. The third-order valence-electron chi connectivity index (χ3n) is 5.05. The van der Waals surface area contributed by atoms with Crippen LogP contribution in [0.4, 0.5) is 8.78 Å². The molecule has 11 heteroatoms. The Morgan fingerprint density at radius 1 is 1.13 bits per heavy atom. The Morgan fingerprint density at radius 3 is 2.60 bits per heavy atom. The molecule has 0 N–H and O–H groups in total. The van der Waals surface area contributed by atoms with E-state index < -0.39 is 26.6 Å². The molecule has 1 atom stereocenters. The molecule has 0 amide bonds. The van der Waals surface area contributed by atoms with Crippen molar-refractivity contribution in [2.45, 2.75) is 17.9 Å². The molecule has 1 fully saturated rings. The van der Waals surface area contributed by atoms with Gasteiger partial charge in [-0.05, 0) is 37.3 Å². The van der Waals surface area contributed by atoms with E-state index in [-0.39, 0.29) is 19.1 Å². The maximum Gasteiger partial charge on any atom is 0.246 e. The number of piperazine rings is 1. The lowest BCUT2D eigenvalue weighted by Gasteiger charge is -2.36. The summed E-state index contributed by atoms with van der Waals surface area (Å²) < 4.78 is 59.4. The van der Waals surface area contributed by atoms with Crippen LogP contribution in [0.1, 0.15) is 18.9 Å². The Hall–Kier alpha value is -2.76. The van der Waals surface area contributed by atoms with Crippen LogP contribution in [0.15, 0.2) is 52.1 Å². The van der Waals surface area contributed by atoms with Crippen molar-refractivity contribution in [2.75, 3.05) is 26.2 Å². The quantitative estimate of drug-likeness (QED) is 0.608. The highest BCUT2D eigenvalue weighted by Gasteiger charge is 2.33. The first-order chi connectivity index (χ1) is 14.4. The molecule has 1 aliphatic rings. The van der Waals surface area contributed by atoms with Gasteiger partial charge < -0.3 is 4.52 Å². The second-order valence-corrected chi connectivity index (χ2v) is 8.80. The highest BCUT2D eigenvalue weighted by Crippen LogP contribution is 2.26. The Morgan fingerprint density at radius 2 is 1.90 bits per heavy atom. The molecular weight excluding hydrogens is 416 g/mol. The van der Waals surface area contributed by atoms with Crippen LogP contribution in [-0.4, -0.2) is 58.9 Å². The third kappa shape index (κ3) is 3.95. The van der Waals surface area contributed by atoms with Crippen LogP contribution in [-0.2, 0) is 10.0 Å². The maximum atomic E-state index is 14.0. The maximum absolute atomic E-state index is 14.0. The highest BCUT2D eigenvalue weighted by atomic mass is 32.2. The van der Waals surface area contributed by atoms with Crippen LogP contribution in [0.25, 0.3) is 11.4 Å². The standard InChI is InChI=1S/C19H19F2N5O3S/c1-13(19-23-18(24-29-19)14-3-2-6-22-12-14)25-7-9-26(10-8-25)30(27,28)17-11-15(20)4-5-16(17)21/h2-6,11-13H,7-10H2,1H3. The Kier molecular flexibility index (Phi) is 5.58. The second-order valence-electron chi connectivity index (χ2n) is 6.89. The minimum Gasteiger partial charge on any atom is -0.337 e. The molecule has 1 aromatic carbocycles. The lowest BCUT2D eigenvalue weighted by molar-refractivity contribution is 0.124. The van der Waals surface area contributed by atoms with Gasteiger partial charge in [-0.15, -0.1) is 0 Å². The first-order valence-corrected chi connectivity index (χ1v) is 10.7. The van der Waals surface area contributed by atoms with E-state index in [0.29, 0.717) is 30.9 Å². The average molecular weight is 435 g/mol. The van der Waals surface area contributed by atoms with Gasteiger partial charge >= 0.3 is 0 Å². The predicted molar refractivity (Wildman–Crippen MR) is 103 cm³/mol. The zero-order valence-electron chi connectivity index (χ0n) is 16.1. The summed E-state index contributed by atoms with van der Waals surface area (Å²) in [7, 11) is -4.13. The zero-order valence-corrected chi connectivity index (χ0v) is 16.9. The summed E-state index contributed by atoms with van der Waals surface area (Å²) in [4.78, 5) is 9.78. The molecule has 1 unspecified atom stereocenters. The predicted octanol–water partition coefficient (Wildman–Crippen LogP) is 2.48. The second kappa shape index (κ2) is 8.17. The minimum atomic E-state index is -4.13. The number of aromatic nitrogens is 3. The van der Waals surface area contributed by atoms with E-state index in [1.807, 2.05) is 17.9 Å². The smallest absolute Gasteiger partial charge is 0.246 e. The Bertz CT molecular complexity index is 1130. The molecule has 1 aliphatic heterocycles. The molecule has 1 saturated heterocycles. The van der Waals surface area contributed by atoms with Crippen molar-refractivity contribution in [3.8, 4) is 11.4 Å². The van der Waals surface area contributed by atoms with E-state index in [0.717, 1.165) is 22.0 Å². The van der Waals surface area contributed by atoms with E-state index in [4.69, 9.17) is 4.52 Å². The molecule has 0 radical (unpaired) electrons. The van der Waals surface area contributed by atoms with Crippen molar-refractivity contribution in [3.63, 3.8) is 0 Å². The Labute approximate surface area is 172 Å². The van der Waals surface area contributed by atoms with Gasteiger partial charge in [0, 0.05) is 44.1 Å². The fourth-order valence-corrected chi connectivity index (χ4v) is 4.82. The van der Waals surface area contributed by atoms with Crippen molar-refractivity contribution in [1.82, 2.24) is 24.3 Å². The van der Waals surface area contributed by atoms with E-state index >= 15 is 0 Å². The van der Waals surface area contributed by atoms with Crippen molar-refractivity contribution in [3.05, 3.63) is 60.3 Å². The van der Waals surface area contributed by atoms with Crippen molar-refractivity contribution in [1.29, 1.82) is 0 Å². The minimum absolute atomic E-state index is 0.131. The first-order valence-electron chi connectivity index (χ1n) is 9.29. The van der Waals surface area contributed by atoms with Crippen LogP contribution < -0.4 is 0 Å². The van der Waals surface area contributed by atoms with Crippen molar-refractivity contribution in [2.24, 2.45) is 0 Å². The summed E-state index contributed by atoms with van der Waals surface area (Å²) >= 11 is 0. The molecule has 3 heterocycles. The van der Waals surface area contributed by atoms with Crippen LogP contribution in [0.5, 0.6) is 0 Å². The normalized spacial score (nSPS) is 17.2. The first kappa shape index (κ1) is 20.5. The van der Waals surface area contributed by atoms with Crippen molar-refractivity contribution >= 4 is 10.0 Å². The summed E-state index contributed by atoms with van der Waals surface area (Å²) in [6.45, 7) is 2.90. The molecule has 30 heavy (non-hydrogen) atoms. The van der Waals surface area contributed by atoms with Crippen LogP contribution in [0.3, 0.4) is 0 Å². The monoisotopic (exact) mass is 435 g/mol. The number of sulfonamides is 1. The number of pyridine rings is 1. The van der Waals surface area contributed by atoms with Gasteiger partial charge in [0.05, 0.1) is 6.04 Å². The largest absolute Gasteiger partial charge is 0.337 e. The molecular formula is C19H19F2N5O3S. The molecule has 2 aromatic heterocycles. The molecule has 8 nitrogen and oxygen atoms in total. The molecule has 3 aromatic rings. The van der Waals surface area contributed by atoms with E-state index in [2.05, 4.69) is 15.1 Å².